The largest absolute Gasteiger partial charge is 0.490 e. The lowest BCUT2D eigenvalue weighted by atomic mass is 10.3. The van der Waals surface area contributed by atoms with Crippen molar-refractivity contribution in [3.63, 3.8) is 0 Å². The molecule has 2 N–H and O–H groups in total. The maximum atomic E-state index is 11.5. The Bertz CT molecular complexity index is 424. The summed E-state index contributed by atoms with van der Waals surface area (Å²) in [5.74, 6) is 1.22. The van der Waals surface area contributed by atoms with Crippen LogP contribution in [0.3, 0.4) is 0 Å². The number of hydrogen-bond acceptors (Lipinski definition) is 5. The summed E-state index contributed by atoms with van der Waals surface area (Å²) in [5.41, 5.74) is 0. The van der Waals surface area contributed by atoms with E-state index >= 15 is 0 Å². The highest BCUT2D eigenvalue weighted by molar-refractivity contribution is 5.73. The number of carbonyl (C=O) groups is 1. The van der Waals surface area contributed by atoms with E-state index in [2.05, 4.69) is 10.6 Å². The first-order valence-corrected chi connectivity index (χ1v) is 6.63. The molecule has 0 aliphatic rings. The molecule has 0 atom stereocenters. The highest BCUT2D eigenvalue weighted by Crippen LogP contribution is 2.25. The smallest absolute Gasteiger partial charge is 0.317 e. The van der Waals surface area contributed by atoms with Crippen molar-refractivity contribution in [1.82, 2.24) is 10.6 Å². The van der Waals surface area contributed by atoms with Crippen molar-refractivity contribution < 1.29 is 23.7 Å². The predicted octanol–water partition coefficient (Wildman–Crippen LogP) is 1.34. The maximum absolute atomic E-state index is 11.5. The fraction of sp³-hybridized carbons (Fsp3) is 0.500. The molecule has 2 amide bonds. The van der Waals surface area contributed by atoms with Crippen molar-refractivity contribution in [1.29, 1.82) is 0 Å². The molecule has 0 radical (unpaired) electrons. The maximum Gasteiger partial charge on any atom is 0.317 e. The van der Waals surface area contributed by atoms with Crippen LogP contribution in [0.1, 0.15) is 6.92 Å². The number of nitrogens with one attached hydrogen (secondary N) is 2. The summed E-state index contributed by atoms with van der Waals surface area (Å²) in [6.07, 6.45) is -0.477. The molecule has 7 heteroatoms. The molecule has 1 aromatic rings. The number of urea groups is 1. The van der Waals surface area contributed by atoms with Crippen LogP contribution < -0.4 is 20.1 Å². The Hall–Kier alpha value is -1.99. The Labute approximate surface area is 124 Å². The van der Waals surface area contributed by atoms with Crippen LogP contribution in [0, 0.1) is 0 Å². The molecule has 118 valence electrons. The van der Waals surface area contributed by atoms with Crippen molar-refractivity contribution >= 4 is 6.03 Å². The topological polar surface area (TPSA) is 78.1 Å². The molecule has 0 spiro atoms. The summed E-state index contributed by atoms with van der Waals surface area (Å²) in [6.45, 7) is 2.71. The molecular formula is C14H22N2O5. The number of rotatable bonds is 9. The second kappa shape index (κ2) is 9.84. The van der Waals surface area contributed by atoms with Gasteiger partial charge in [0.25, 0.3) is 0 Å². The van der Waals surface area contributed by atoms with E-state index in [-0.39, 0.29) is 19.3 Å². The first-order valence-electron chi connectivity index (χ1n) is 6.63. The molecule has 0 fully saturated rings. The van der Waals surface area contributed by atoms with E-state index in [0.29, 0.717) is 18.1 Å². The van der Waals surface area contributed by atoms with Crippen LogP contribution in [0.4, 0.5) is 4.79 Å². The highest BCUT2D eigenvalue weighted by Gasteiger charge is 2.08. The van der Waals surface area contributed by atoms with E-state index in [9.17, 15) is 4.79 Å². The summed E-state index contributed by atoms with van der Waals surface area (Å²) in [6, 6.07) is 6.90. The van der Waals surface area contributed by atoms with E-state index < -0.39 is 6.29 Å². The van der Waals surface area contributed by atoms with Gasteiger partial charge in [-0.3, -0.25) is 0 Å². The lowest BCUT2D eigenvalue weighted by Crippen LogP contribution is -2.42. The molecule has 1 rings (SSSR count). The lowest BCUT2D eigenvalue weighted by Gasteiger charge is -2.15. The van der Waals surface area contributed by atoms with E-state index in [0.717, 1.165) is 0 Å². The van der Waals surface area contributed by atoms with Gasteiger partial charge in [0.2, 0.25) is 0 Å². The second-order valence-electron chi connectivity index (χ2n) is 3.96. The van der Waals surface area contributed by atoms with Crippen LogP contribution in [0.2, 0.25) is 0 Å². The zero-order chi connectivity index (χ0) is 15.5. The first-order chi connectivity index (χ1) is 10.2. The molecule has 0 aromatic heterocycles. The van der Waals surface area contributed by atoms with Crippen LogP contribution in [-0.2, 0) is 9.47 Å². The Kier molecular flexibility index (Phi) is 8.00. The number of ether oxygens (including phenoxy) is 4. The number of benzene rings is 1. The number of amides is 2. The van der Waals surface area contributed by atoms with Crippen molar-refractivity contribution in [3.05, 3.63) is 24.3 Å². The zero-order valence-electron chi connectivity index (χ0n) is 12.5. The summed E-state index contributed by atoms with van der Waals surface area (Å²) in [7, 11) is 3.00. The van der Waals surface area contributed by atoms with Crippen molar-refractivity contribution in [2.75, 3.05) is 34.1 Å². The molecule has 0 bridgehead atoms. The SMILES string of the molecule is CCOc1ccccc1OCNC(=O)NCC(OC)OC. The molecule has 0 aliphatic carbocycles. The second-order valence-corrected chi connectivity index (χ2v) is 3.96. The van der Waals surface area contributed by atoms with E-state index in [1.165, 1.54) is 14.2 Å². The zero-order valence-corrected chi connectivity index (χ0v) is 12.5. The Balaban J connectivity index is 2.31. The van der Waals surface area contributed by atoms with Gasteiger partial charge >= 0.3 is 6.03 Å². The number of methoxy groups -OCH3 is 2. The normalized spacial score (nSPS) is 10.3. The molecule has 0 saturated heterocycles. The number of carbonyl (C=O) groups excluding carboxylic acids is 1. The van der Waals surface area contributed by atoms with Crippen LogP contribution in [0.15, 0.2) is 24.3 Å². The van der Waals surface area contributed by atoms with Gasteiger partial charge in [-0.05, 0) is 19.1 Å². The van der Waals surface area contributed by atoms with Gasteiger partial charge < -0.3 is 29.6 Å². The van der Waals surface area contributed by atoms with E-state index in [1.807, 2.05) is 19.1 Å². The minimum atomic E-state index is -0.477. The Morgan fingerprint density at radius 1 is 1.10 bits per heavy atom. The van der Waals surface area contributed by atoms with E-state index in [1.54, 1.807) is 12.1 Å². The average Bonchev–Trinajstić information content (AvgIpc) is 2.50. The van der Waals surface area contributed by atoms with Gasteiger partial charge in [-0.1, -0.05) is 12.1 Å². The molecule has 0 unspecified atom stereocenters. The van der Waals surface area contributed by atoms with Crippen LogP contribution in [0.25, 0.3) is 0 Å². The fourth-order valence-corrected chi connectivity index (χ4v) is 1.52. The van der Waals surface area contributed by atoms with Crippen molar-refractivity contribution in [3.8, 4) is 11.5 Å². The first kappa shape index (κ1) is 17.1. The van der Waals surface area contributed by atoms with Crippen LogP contribution in [0.5, 0.6) is 11.5 Å². The van der Waals surface area contributed by atoms with Crippen LogP contribution >= 0.6 is 0 Å². The molecule has 1 aromatic carbocycles. The minimum Gasteiger partial charge on any atom is -0.490 e. The van der Waals surface area contributed by atoms with Gasteiger partial charge in [0.1, 0.15) is 0 Å². The Morgan fingerprint density at radius 2 is 1.71 bits per heavy atom. The third-order valence-electron chi connectivity index (χ3n) is 2.56. The highest BCUT2D eigenvalue weighted by atomic mass is 16.7. The van der Waals surface area contributed by atoms with E-state index in [4.69, 9.17) is 18.9 Å². The predicted molar refractivity (Wildman–Crippen MR) is 77.4 cm³/mol. The molecule has 0 aliphatic heterocycles. The molecule has 0 saturated carbocycles. The number of hydrogen-bond donors (Lipinski definition) is 2. The Morgan fingerprint density at radius 3 is 2.29 bits per heavy atom. The van der Waals surface area contributed by atoms with Crippen molar-refractivity contribution in [2.24, 2.45) is 0 Å². The average molecular weight is 298 g/mol. The van der Waals surface area contributed by atoms with Gasteiger partial charge in [0, 0.05) is 14.2 Å². The fourth-order valence-electron chi connectivity index (χ4n) is 1.52. The van der Waals surface area contributed by atoms with Gasteiger partial charge in [-0.15, -0.1) is 0 Å². The summed E-state index contributed by atoms with van der Waals surface area (Å²) >= 11 is 0. The van der Waals surface area contributed by atoms with Crippen LogP contribution in [-0.4, -0.2) is 46.4 Å². The van der Waals surface area contributed by atoms with Gasteiger partial charge in [-0.25, -0.2) is 4.79 Å². The molecule has 0 heterocycles. The summed E-state index contributed by atoms with van der Waals surface area (Å²) < 4.78 is 20.8. The van der Waals surface area contributed by atoms with Gasteiger partial charge in [-0.2, -0.15) is 0 Å². The summed E-state index contributed by atoms with van der Waals surface area (Å²) in [4.78, 5) is 11.5. The minimum absolute atomic E-state index is 0.0283. The molecule has 7 nitrogen and oxygen atoms in total. The van der Waals surface area contributed by atoms with Gasteiger partial charge in [0.15, 0.2) is 24.5 Å². The van der Waals surface area contributed by atoms with Gasteiger partial charge in [0.05, 0.1) is 13.2 Å². The van der Waals surface area contributed by atoms with Crippen molar-refractivity contribution in [2.45, 2.75) is 13.2 Å². The number of para-hydroxylation sites is 2. The third kappa shape index (κ3) is 6.33. The standard InChI is InChI=1S/C14H22N2O5/c1-4-20-11-7-5-6-8-12(11)21-10-16-14(17)15-9-13(18-2)19-3/h5-8,13H,4,9-10H2,1-3H3,(H2,15,16,17). The quantitative estimate of drug-likeness (QED) is 0.673. The molecular weight excluding hydrogens is 276 g/mol. The summed E-state index contributed by atoms with van der Waals surface area (Å²) in [5, 5.41) is 5.16. The monoisotopic (exact) mass is 298 g/mol. The lowest BCUT2D eigenvalue weighted by molar-refractivity contribution is -0.0972. The third-order valence-corrected chi connectivity index (χ3v) is 2.56. The molecule has 21 heavy (non-hydrogen) atoms.